The summed E-state index contributed by atoms with van der Waals surface area (Å²) >= 11 is 0. The van der Waals surface area contributed by atoms with Crippen molar-refractivity contribution in [1.82, 2.24) is 0 Å². The van der Waals surface area contributed by atoms with E-state index in [-0.39, 0.29) is 12.4 Å². The Morgan fingerprint density at radius 1 is 1.00 bits per heavy atom. The van der Waals surface area contributed by atoms with Crippen LogP contribution in [0.4, 0.5) is 14.5 Å². The van der Waals surface area contributed by atoms with Crippen molar-refractivity contribution in [2.75, 3.05) is 18.5 Å². The molecule has 24 heavy (non-hydrogen) atoms. The van der Waals surface area contributed by atoms with E-state index in [9.17, 15) is 18.4 Å². The van der Waals surface area contributed by atoms with E-state index in [0.29, 0.717) is 17.5 Å². The van der Waals surface area contributed by atoms with Gasteiger partial charge < -0.3 is 20.5 Å². The average molecular weight is 336 g/mol. The molecule has 0 saturated heterocycles. The second-order valence-corrected chi connectivity index (χ2v) is 4.69. The number of amides is 2. The fourth-order valence-corrected chi connectivity index (χ4v) is 1.72. The van der Waals surface area contributed by atoms with Crippen LogP contribution < -0.4 is 20.5 Å². The topological polar surface area (TPSA) is 90.7 Å². The summed E-state index contributed by atoms with van der Waals surface area (Å²) in [4.78, 5) is 22.3. The zero-order chi connectivity index (χ0) is 17.5. The number of carbonyl (C=O) groups excluding carboxylic acids is 2. The summed E-state index contributed by atoms with van der Waals surface area (Å²) in [6.45, 7) is -0.689. The van der Waals surface area contributed by atoms with Crippen LogP contribution in [-0.4, -0.2) is 25.0 Å². The molecule has 6 nitrogen and oxygen atoms in total. The molecule has 0 heterocycles. The van der Waals surface area contributed by atoms with Crippen molar-refractivity contribution in [2.24, 2.45) is 5.73 Å². The van der Waals surface area contributed by atoms with Gasteiger partial charge in [0.25, 0.3) is 11.8 Å². The lowest BCUT2D eigenvalue weighted by Crippen LogP contribution is -2.21. The second kappa shape index (κ2) is 7.91. The van der Waals surface area contributed by atoms with E-state index in [4.69, 9.17) is 15.2 Å². The molecule has 0 radical (unpaired) electrons. The molecule has 2 aromatic rings. The SMILES string of the molecule is NC(=O)COc1ccc(NC(=O)COc2ccc(F)cc2F)cc1. The van der Waals surface area contributed by atoms with Crippen LogP contribution in [0, 0.1) is 11.6 Å². The average Bonchev–Trinajstić information content (AvgIpc) is 2.53. The maximum atomic E-state index is 13.4. The predicted octanol–water partition coefficient (Wildman–Crippen LogP) is 1.85. The van der Waals surface area contributed by atoms with Crippen LogP contribution in [0.1, 0.15) is 0 Å². The fraction of sp³-hybridized carbons (Fsp3) is 0.125. The number of primary amides is 1. The molecule has 0 unspecified atom stereocenters. The van der Waals surface area contributed by atoms with Gasteiger partial charge in [0, 0.05) is 11.8 Å². The standard InChI is InChI=1S/C16H14F2N2O4/c17-10-1-6-14(13(18)7-10)24-9-16(22)20-11-2-4-12(5-3-11)23-8-15(19)21/h1-7H,8-9H2,(H2,19,21)(H,20,22). The molecule has 0 aliphatic heterocycles. The number of carbonyl (C=O) groups is 2. The second-order valence-electron chi connectivity index (χ2n) is 4.69. The number of hydrogen-bond acceptors (Lipinski definition) is 4. The van der Waals surface area contributed by atoms with Crippen molar-refractivity contribution in [3.8, 4) is 11.5 Å². The highest BCUT2D eigenvalue weighted by molar-refractivity contribution is 5.91. The molecule has 2 rings (SSSR count). The van der Waals surface area contributed by atoms with Gasteiger partial charge in [0.05, 0.1) is 0 Å². The van der Waals surface area contributed by atoms with Gasteiger partial charge in [-0.3, -0.25) is 9.59 Å². The van der Waals surface area contributed by atoms with Gasteiger partial charge in [0.2, 0.25) is 0 Å². The minimum absolute atomic E-state index is 0.221. The zero-order valence-electron chi connectivity index (χ0n) is 12.4. The van der Waals surface area contributed by atoms with Crippen LogP contribution in [0.15, 0.2) is 42.5 Å². The molecule has 0 saturated carbocycles. The quantitative estimate of drug-likeness (QED) is 0.807. The third kappa shape index (κ3) is 5.24. The molecule has 3 N–H and O–H groups in total. The van der Waals surface area contributed by atoms with E-state index in [0.717, 1.165) is 12.1 Å². The van der Waals surface area contributed by atoms with E-state index in [1.54, 1.807) is 24.3 Å². The highest BCUT2D eigenvalue weighted by atomic mass is 19.1. The monoisotopic (exact) mass is 336 g/mol. The van der Waals surface area contributed by atoms with Crippen molar-refractivity contribution in [1.29, 1.82) is 0 Å². The first-order chi connectivity index (χ1) is 11.4. The van der Waals surface area contributed by atoms with Crippen molar-refractivity contribution < 1.29 is 27.8 Å². The van der Waals surface area contributed by atoms with Gasteiger partial charge in [-0.05, 0) is 36.4 Å². The van der Waals surface area contributed by atoms with E-state index in [2.05, 4.69) is 5.32 Å². The van der Waals surface area contributed by atoms with Crippen LogP contribution >= 0.6 is 0 Å². The summed E-state index contributed by atoms with van der Waals surface area (Å²) in [6.07, 6.45) is 0. The maximum Gasteiger partial charge on any atom is 0.262 e. The van der Waals surface area contributed by atoms with Crippen LogP contribution in [-0.2, 0) is 9.59 Å². The molecule has 0 atom stereocenters. The molecule has 2 amide bonds. The molecule has 2 aromatic carbocycles. The molecule has 0 fully saturated rings. The van der Waals surface area contributed by atoms with Crippen LogP contribution in [0.5, 0.6) is 11.5 Å². The van der Waals surface area contributed by atoms with Crippen LogP contribution in [0.3, 0.4) is 0 Å². The molecule has 0 aliphatic rings. The number of nitrogens with two attached hydrogens (primary N) is 1. The third-order valence-electron chi connectivity index (χ3n) is 2.77. The molecule has 126 valence electrons. The largest absolute Gasteiger partial charge is 0.484 e. The van der Waals surface area contributed by atoms with Gasteiger partial charge in [-0.25, -0.2) is 8.78 Å². The summed E-state index contributed by atoms with van der Waals surface area (Å²) in [5.74, 6) is -2.55. The van der Waals surface area contributed by atoms with Crippen LogP contribution in [0.25, 0.3) is 0 Å². The summed E-state index contributed by atoms with van der Waals surface area (Å²) in [6, 6.07) is 8.97. The minimum atomic E-state index is -0.890. The Hall–Kier alpha value is -3.16. The first-order valence-corrected chi connectivity index (χ1v) is 6.83. The number of hydrogen-bond donors (Lipinski definition) is 2. The lowest BCUT2D eigenvalue weighted by atomic mass is 10.3. The van der Waals surface area contributed by atoms with Crippen molar-refractivity contribution in [3.63, 3.8) is 0 Å². The summed E-state index contributed by atoms with van der Waals surface area (Å²) in [7, 11) is 0. The molecule has 0 aromatic heterocycles. The van der Waals surface area contributed by atoms with E-state index < -0.39 is 30.1 Å². The minimum Gasteiger partial charge on any atom is -0.484 e. The Morgan fingerprint density at radius 2 is 1.71 bits per heavy atom. The first-order valence-electron chi connectivity index (χ1n) is 6.83. The Morgan fingerprint density at radius 3 is 2.33 bits per heavy atom. The molecular formula is C16H14F2N2O4. The fourth-order valence-electron chi connectivity index (χ4n) is 1.72. The lowest BCUT2D eigenvalue weighted by Gasteiger charge is -2.09. The van der Waals surface area contributed by atoms with Gasteiger partial charge >= 0.3 is 0 Å². The number of nitrogens with one attached hydrogen (secondary N) is 1. The lowest BCUT2D eigenvalue weighted by molar-refractivity contribution is -0.120. The van der Waals surface area contributed by atoms with E-state index in [1.165, 1.54) is 0 Å². The van der Waals surface area contributed by atoms with Gasteiger partial charge in [-0.1, -0.05) is 0 Å². The van der Waals surface area contributed by atoms with Crippen LogP contribution in [0.2, 0.25) is 0 Å². The van der Waals surface area contributed by atoms with E-state index in [1.807, 2.05) is 0 Å². The molecular weight excluding hydrogens is 322 g/mol. The summed E-state index contributed by atoms with van der Waals surface area (Å²) in [5, 5.41) is 2.53. The Kier molecular flexibility index (Phi) is 5.67. The molecule has 0 aliphatic carbocycles. The molecule has 0 spiro atoms. The third-order valence-corrected chi connectivity index (χ3v) is 2.77. The number of ether oxygens (including phenoxy) is 2. The van der Waals surface area contributed by atoms with Gasteiger partial charge in [-0.2, -0.15) is 0 Å². The van der Waals surface area contributed by atoms with Crippen molar-refractivity contribution >= 4 is 17.5 Å². The number of anilines is 1. The maximum absolute atomic E-state index is 13.4. The Balaban J connectivity index is 1.84. The first kappa shape index (κ1) is 17.2. The number of rotatable bonds is 7. The summed E-state index contributed by atoms with van der Waals surface area (Å²) < 4.78 is 36.2. The molecule has 8 heteroatoms. The van der Waals surface area contributed by atoms with Crippen molar-refractivity contribution in [2.45, 2.75) is 0 Å². The van der Waals surface area contributed by atoms with Gasteiger partial charge in [0.1, 0.15) is 11.6 Å². The van der Waals surface area contributed by atoms with Crippen molar-refractivity contribution in [3.05, 3.63) is 54.1 Å². The smallest absolute Gasteiger partial charge is 0.262 e. The highest BCUT2D eigenvalue weighted by Crippen LogP contribution is 2.18. The normalized spacial score (nSPS) is 10.1. The number of benzene rings is 2. The van der Waals surface area contributed by atoms with Gasteiger partial charge in [0.15, 0.2) is 24.8 Å². The predicted molar refractivity (Wildman–Crippen MR) is 81.6 cm³/mol. The Labute approximate surface area is 136 Å². The zero-order valence-corrected chi connectivity index (χ0v) is 12.4. The van der Waals surface area contributed by atoms with E-state index >= 15 is 0 Å². The number of halogens is 2. The van der Waals surface area contributed by atoms with Gasteiger partial charge in [-0.15, -0.1) is 0 Å². The Bertz CT molecular complexity index is 735. The summed E-state index contributed by atoms with van der Waals surface area (Å²) in [5.41, 5.74) is 5.41. The molecule has 0 bridgehead atoms. The highest BCUT2D eigenvalue weighted by Gasteiger charge is 2.08.